The fraction of sp³-hybridized carbons (Fsp3) is 0.654. The third-order valence-electron chi connectivity index (χ3n) is 5.05. The second-order valence-corrected chi connectivity index (χ2v) is 11.3. The molecule has 38 heavy (non-hydrogen) atoms. The lowest BCUT2D eigenvalue weighted by Gasteiger charge is -2.27. The molecular formula is C26H41F3N4O5. The molecule has 1 aromatic carbocycles. The molecule has 0 heterocycles. The first-order valence-electron chi connectivity index (χ1n) is 12.5. The summed E-state index contributed by atoms with van der Waals surface area (Å²) in [6.07, 6.45) is -5.40. The Morgan fingerprint density at radius 3 is 2.21 bits per heavy atom. The predicted octanol–water partition coefficient (Wildman–Crippen LogP) is 4.06. The number of aliphatic hydroxyl groups is 1. The summed E-state index contributed by atoms with van der Waals surface area (Å²) in [6, 6.07) is 1.62. The number of carbonyl (C=O) groups excluding carboxylic acids is 3. The van der Waals surface area contributed by atoms with Crippen LogP contribution < -0.4 is 21.3 Å². The molecule has 1 rings (SSSR count). The number of benzene rings is 1. The standard InChI is InChI=1S/C26H41F3N4O5/c1-8-9-20(34)19(13-30-15-24(2,3)4)32-21(35)14-31-22(36)17-12-16(26(27,28)29)10-11-18(17)33-23(37)38-25(5,6)7/h10-12,19-20,30,34H,8-9,13-15H2,1-7H3,(H,31,36)(H,32,35)(H,33,37)/t19-,20-/m0/s1. The van der Waals surface area contributed by atoms with Crippen LogP contribution >= 0.6 is 0 Å². The normalized spacial score (nSPS) is 13.9. The summed E-state index contributed by atoms with van der Waals surface area (Å²) < 4.78 is 45.0. The highest BCUT2D eigenvalue weighted by molar-refractivity contribution is 6.04. The molecule has 0 unspecified atom stereocenters. The zero-order valence-corrected chi connectivity index (χ0v) is 23.1. The van der Waals surface area contributed by atoms with Crippen molar-refractivity contribution < 1.29 is 37.4 Å². The van der Waals surface area contributed by atoms with Crippen LogP contribution in [0, 0.1) is 5.41 Å². The van der Waals surface area contributed by atoms with Crippen molar-refractivity contribution in [2.24, 2.45) is 5.41 Å². The molecule has 3 amide bonds. The number of alkyl halides is 3. The van der Waals surface area contributed by atoms with Crippen LogP contribution in [-0.4, -0.2) is 60.4 Å². The van der Waals surface area contributed by atoms with Gasteiger partial charge in [-0.1, -0.05) is 34.1 Å². The monoisotopic (exact) mass is 546 g/mol. The molecule has 9 nitrogen and oxygen atoms in total. The van der Waals surface area contributed by atoms with E-state index in [1.165, 1.54) is 0 Å². The van der Waals surface area contributed by atoms with Gasteiger partial charge in [-0.3, -0.25) is 14.9 Å². The number of hydrogen-bond donors (Lipinski definition) is 5. The largest absolute Gasteiger partial charge is 0.444 e. The molecule has 12 heteroatoms. The summed E-state index contributed by atoms with van der Waals surface area (Å²) in [5.41, 5.74) is -2.71. The van der Waals surface area contributed by atoms with Crippen molar-refractivity contribution in [1.29, 1.82) is 0 Å². The summed E-state index contributed by atoms with van der Waals surface area (Å²) in [4.78, 5) is 37.5. The topological polar surface area (TPSA) is 129 Å². The average molecular weight is 547 g/mol. The lowest BCUT2D eigenvalue weighted by Crippen LogP contribution is -2.52. The SMILES string of the molecule is CCC[C@H](O)[C@H](CNCC(C)(C)C)NC(=O)CNC(=O)c1cc(C(F)(F)F)ccc1NC(=O)OC(C)(C)C. The highest BCUT2D eigenvalue weighted by atomic mass is 19.4. The minimum Gasteiger partial charge on any atom is -0.444 e. The number of hydrogen-bond acceptors (Lipinski definition) is 6. The van der Waals surface area contributed by atoms with Crippen LogP contribution in [0.2, 0.25) is 0 Å². The molecule has 2 atom stereocenters. The minimum atomic E-state index is -4.74. The Kier molecular flexibility index (Phi) is 12.0. The molecule has 216 valence electrons. The zero-order valence-electron chi connectivity index (χ0n) is 23.1. The van der Waals surface area contributed by atoms with Crippen LogP contribution in [0.15, 0.2) is 18.2 Å². The Morgan fingerprint density at radius 1 is 1.05 bits per heavy atom. The lowest BCUT2D eigenvalue weighted by atomic mass is 9.96. The first-order valence-corrected chi connectivity index (χ1v) is 12.5. The van der Waals surface area contributed by atoms with E-state index < -0.39 is 59.5 Å². The number of carbonyl (C=O) groups is 3. The van der Waals surface area contributed by atoms with E-state index in [-0.39, 0.29) is 17.6 Å². The first kappa shape index (κ1) is 33.2. The highest BCUT2D eigenvalue weighted by Crippen LogP contribution is 2.32. The van der Waals surface area contributed by atoms with Crippen LogP contribution in [0.4, 0.5) is 23.7 Å². The third kappa shape index (κ3) is 12.6. The second-order valence-electron chi connectivity index (χ2n) is 11.3. The zero-order chi connectivity index (χ0) is 29.3. The number of nitrogens with one attached hydrogen (secondary N) is 4. The smallest absolute Gasteiger partial charge is 0.416 e. The molecule has 0 aliphatic carbocycles. The van der Waals surface area contributed by atoms with Crippen LogP contribution in [0.3, 0.4) is 0 Å². The Morgan fingerprint density at radius 2 is 1.68 bits per heavy atom. The van der Waals surface area contributed by atoms with Gasteiger partial charge in [-0.05, 0) is 50.8 Å². The average Bonchev–Trinajstić information content (AvgIpc) is 2.74. The van der Waals surface area contributed by atoms with Crippen LogP contribution in [-0.2, 0) is 15.7 Å². The van der Waals surface area contributed by atoms with Gasteiger partial charge in [0.15, 0.2) is 0 Å². The first-order chi connectivity index (χ1) is 17.3. The molecule has 5 N–H and O–H groups in total. The van der Waals surface area contributed by atoms with Gasteiger partial charge in [0.05, 0.1) is 35.5 Å². The van der Waals surface area contributed by atoms with E-state index in [1.807, 2.05) is 27.7 Å². The molecule has 0 spiro atoms. The molecule has 0 radical (unpaired) electrons. The molecule has 0 bridgehead atoms. The summed E-state index contributed by atoms with van der Waals surface area (Å²) in [5.74, 6) is -1.64. The van der Waals surface area contributed by atoms with E-state index in [0.29, 0.717) is 25.5 Å². The molecule has 0 aromatic heterocycles. The van der Waals surface area contributed by atoms with E-state index >= 15 is 0 Å². The molecule has 0 fully saturated rings. The van der Waals surface area contributed by atoms with Crippen molar-refractivity contribution in [2.45, 2.75) is 85.2 Å². The Balaban J connectivity index is 2.98. The lowest BCUT2D eigenvalue weighted by molar-refractivity contribution is -0.137. The van der Waals surface area contributed by atoms with Gasteiger partial charge in [-0.2, -0.15) is 13.2 Å². The van der Waals surface area contributed by atoms with Crippen molar-refractivity contribution in [3.63, 3.8) is 0 Å². The van der Waals surface area contributed by atoms with Crippen molar-refractivity contribution in [2.75, 3.05) is 25.0 Å². The van der Waals surface area contributed by atoms with Crippen LogP contribution in [0.25, 0.3) is 0 Å². The highest BCUT2D eigenvalue weighted by Gasteiger charge is 2.32. The van der Waals surface area contributed by atoms with Gasteiger partial charge in [-0.15, -0.1) is 0 Å². The Hall–Kier alpha value is -2.86. The summed E-state index contributed by atoms with van der Waals surface area (Å²) in [5, 5.41) is 20.9. The number of amides is 3. The van der Waals surface area contributed by atoms with Gasteiger partial charge in [0, 0.05) is 13.1 Å². The fourth-order valence-corrected chi connectivity index (χ4v) is 3.33. The maximum Gasteiger partial charge on any atom is 0.416 e. The van der Waals surface area contributed by atoms with Crippen LogP contribution in [0.1, 0.15) is 77.2 Å². The molecule has 1 aromatic rings. The van der Waals surface area contributed by atoms with Crippen molar-refractivity contribution in [3.05, 3.63) is 29.3 Å². The minimum absolute atomic E-state index is 0.0196. The van der Waals surface area contributed by atoms with Crippen LogP contribution in [0.5, 0.6) is 0 Å². The maximum absolute atomic E-state index is 13.3. The van der Waals surface area contributed by atoms with Crippen molar-refractivity contribution >= 4 is 23.6 Å². The Bertz CT molecular complexity index is 956. The van der Waals surface area contributed by atoms with Gasteiger partial charge in [-0.25, -0.2) is 4.79 Å². The summed E-state index contributed by atoms with van der Waals surface area (Å²) in [7, 11) is 0. The third-order valence-corrected chi connectivity index (χ3v) is 5.05. The van der Waals surface area contributed by atoms with Crippen molar-refractivity contribution in [3.8, 4) is 0 Å². The van der Waals surface area contributed by atoms with E-state index in [0.717, 1.165) is 12.1 Å². The number of aliphatic hydroxyl groups excluding tert-OH is 1. The molecule has 0 aliphatic heterocycles. The van der Waals surface area contributed by atoms with Gasteiger partial charge >= 0.3 is 12.3 Å². The second kappa shape index (κ2) is 13.8. The quantitative estimate of drug-likeness (QED) is 0.285. The fourth-order valence-electron chi connectivity index (χ4n) is 3.33. The number of rotatable bonds is 11. The van der Waals surface area contributed by atoms with Gasteiger partial charge in [0.2, 0.25) is 5.91 Å². The number of ether oxygens (including phenoxy) is 1. The maximum atomic E-state index is 13.3. The summed E-state index contributed by atoms with van der Waals surface area (Å²) in [6.45, 7) is 13.2. The Labute approximate surface area is 222 Å². The van der Waals surface area contributed by atoms with Gasteiger partial charge in [0.25, 0.3) is 5.91 Å². The van der Waals surface area contributed by atoms with Gasteiger partial charge < -0.3 is 25.8 Å². The van der Waals surface area contributed by atoms with E-state index in [1.54, 1.807) is 20.8 Å². The number of halogens is 3. The summed E-state index contributed by atoms with van der Waals surface area (Å²) >= 11 is 0. The molecule has 0 saturated carbocycles. The van der Waals surface area contributed by atoms with E-state index in [9.17, 15) is 32.7 Å². The van der Waals surface area contributed by atoms with Crippen molar-refractivity contribution in [1.82, 2.24) is 16.0 Å². The van der Waals surface area contributed by atoms with E-state index in [2.05, 4.69) is 21.3 Å². The predicted molar refractivity (Wildman–Crippen MR) is 139 cm³/mol. The van der Waals surface area contributed by atoms with Gasteiger partial charge in [0.1, 0.15) is 5.60 Å². The molecule has 0 aliphatic rings. The van der Waals surface area contributed by atoms with E-state index in [4.69, 9.17) is 4.74 Å². The number of anilines is 1. The molecular weight excluding hydrogens is 505 g/mol. The molecule has 0 saturated heterocycles.